The molecule has 2 rings (SSSR count). The van der Waals surface area contributed by atoms with E-state index in [1.165, 1.54) is 0 Å². The number of nitrogens with zero attached hydrogens (tertiary/aromatic N) is 2. The van der Waals surface area contributed by atoms with Gasteiger partial charge in [0.1, 0.15) is 5.82 Å². The van der Waals surface area contributed by atoms with Crippen LogP contribution in [-0.2, 0) is 14.8 Å². The van der Waals surface area contributed by atoms with Gasteiger partial charge in [-0.2, -0.15) is 0 Å². The summed E-state index contributed by atoms with van der Waals surface area (Å²) in [6.45, 7) is 1.74. The first-order chi connectivity index (χ1) is 10.7. The van der Waals surface area contributed by atoms with E-state index in [-0.39, 0.29) is 26.4 Å². The number of primary sulfonamides is 1. The smallest absolute Gasteiger partial charge is 0.238 e. The molecule has 2 aromatic rings. The number of hydrogen-bond donors (Lipinski definition) is 3. The van der Waals surface area contributed by atoms with Crippen LogP contribution in [0.15, 0.2) is 22.2 Å². The van der Waals surface area contributed by atoms with Gasteiger partial charge in [-0.25, -0.2) is 18.5 Å². The summed E-state index contributed by atoms with van der Waals surface area (Å²) in [5.74, 6) is 0.267. The molecule has 0 saturated carbocycles. The number of rotatable bonds is 5. The molecular weight excluding hydrogens is 385 g/mol. The van der Waals surface area contributed by atoms with E-state index >= 15 is 0 Å². The molecule has 1 amide bonds. The summed E-state index contributed by atoms with van der Waals surface area (Å²) >= 11 is 13.0. The number of anilines is 1. The summed E-state index contributed by atoms with van der Waals surface area (Å²) in [5.41, 5.74) is 0.109. The molecule has 0 radical (unpaired) electrons. The molecule has 0 aliphatic heterocycles. The van der Waals surface area contributed by atoms with E-state index in [0.29, 0.717) is 11.0 Å². The fourth-order valence-electron chi connectivity index (χ4n) is 1.53. The van der Waals surface area contributed by atoms with Crippen LogP contribution in [0.3, 0.4) is 0 Å². The van der Waals surface area contributed by atoms with Gasteiger partial charge in [-0.15, -0.1) is 5.10 Å². The van der Waals surface area contributed by atoms with Crippen LogP contribution in [0.25, 0.3) is 0 Å². The van der Waals surface area contributed by atoms with Gasteiger partial charge in [0, 0.05) is 0 Å². The molecule has 124 valence electrons. The van der Waals surface area contributed by atoms with Crippen LogP contribution in [0.1, 0.15) is 5.82 Å². The maximum atomic E-state index is 11.9. The zero-order valence-electron chi connectivity index (χ0n) is 11.6. The van der Waals surface area contributed by atoms with Crippen molar-refractivity contribution in [2.45, 2.75) is 17.0 Å². The molecule has 0 atom stereocenters. The summed E-state index contributed by atoms with van der Waals surface area (Å²) in [6, 6.07) is 2.23. The Morgan fingerprint density at radius 2 is 2.00 bits per heavy atom. The molecule has 1 heterocycles. The number of sulfonamides is 1. The van der Waals surface area contributed by atoms with E-state index < -0.39 is 15.9 Å². The molecule has 0 bridgehead atoms. The Balaban J connectivity index is 2.09. The number of H-pyrrole nitrogens is 1. The second-order valence-corrected chi connectivity index (χ2v) is 7.67. The minimum atomic E-state index is -3.94. The van der Waals surface area contributed by atoms with Gasteiger partial charge in [-0.1, -0.05) is 35.0 Å². The monoisotopic (exact) mass is 395 g/mol. The van der Waals surface area contributed by atoms with E-state index in [0.717, 1.165) is 23.9 Å². The van der Waals surface area contributed by atoms with Crippen LogP contribution in [0.4, 0.5) is 5.69 Å². The lowest BCUT2D eigenvalue weighted by atomic mass is 10.3. The predicted molar refractivity (Wildman–Crippen MR) is 88.3 cm³/mol. The van der Waals surface area contributed by atoms with Crippen molar-refractivity contribution in [2.75, 3.05) is 11.1 Å². The molecule has 0 saturated heterocycles. The number of halogens is 2. The van der Waals surface area contributed by atoms with Crippen molar-refractivity contribution >= 4 is 56.6 Å². The largest absolute Gasteiger partial charge is 0.323 e. The first-order valence-electron chi connectivity index (χ1n) is 6.00. The van der Waals surface area contributed by atoms with Gasteiger partial charge >= 0.3 is 0 Å². The second-order valence-electron chi connectivity index (χ2n) is 4.35. The molecule has 0 aliphatic carbocycles. The number of carbonyl (C=O) groups excluding carboxylic acids is 1. The van der Waals surface area contributed by atoms with Crippen LogP contribution in [0.5, 0.6) is 0 Å². The Kier molecular flexibility index (Phi) is 5.53. The van der Waals surface area contributed by atoms with Crippen molar-refractivity contribution in [2.24, 2.45) is 5.14 Å². The lowest BCUT2D eigenvalue weighted by Gasteiger charge is -2.10. The number of aromatic nitrogens is 3. The summed E-state index contributed by atoms with van der Waals surface area (Å²) < 4.78 is 22.6. The highest BCUT2D eigenvalue weighted by molar-refractivity contribution is 7.99. The normalized spacial score (nSPS) is 11.5. The van der Waals surface area contributed by atoms with Crippen molar-refractivity contribution < 1.29 is 13.2 Å². The average Bonchev–Trinajstić information content (AvgIpc) is 2.85. The SMILES string of the molecule is Cc1nc(SCC(=O)Nc2c(Cl)cc(S(N)(=O)=O)cc2Cl)n[nH]1. The number of aromatic amines is 1. The Labute approximate surface area is 146 Å². The third-order valence-corrected chi connectivity index (χ3v) is 4.85. The van der Waals surface area contributed by atoms with Crippen molar-refractivity contribution in [1.29, 1.82) is 0 Å². The third kappa shape index (κ3) is 4.82. The van der Waals surface area contributed by atoms with Gasteiger partial charge in [-0.05, 0) is 19.1 Å². The predicted octanol–water partition coefficient (Wildman–Crippen LogP) is 1.80. The van der Waals surface area contributed by atoms with Gasteiger partial charge < -0.3 is 5.32 Å². The van der Waals surface area contributed by atoms with Crippen LogP contribution in [-0.4, -0.2) is 35.3 Å². The minimum absolute atomic E-state index is 0.0287. The molecule has 23 heavy (non-hydrogen) atoms. The molecular formula is C11H11Cl2N5O3S2. The fourth-order valence-corrected chi connectivity index (χ4v) is 3.45. The van der Waals surface area contributed by atoms with E-state index in [4.69, 9.17) is 28.3 Å². The maximum Gasteiger partial charge on any atom is 0.238 e. The Morgan fingerprint density at radius 3 is 2.48 bits per heavy atom. The number of amides is 1. The molecule has 0 fully saturated rings. The highest BCUT2D eigenvalue weighted by atomic mass is 35.5. The van der Waals surface area contributed by atoms with Crippen molar-refractivity contribution in [3.05, 3.63) is 28.0 Å². The van der Waals surface area contributed by atoms with Gasteiger partial charge in [0.25, 0.3) is 0 Å². The Bertz CT molecular complexity index is 830. The van der Waals surface area contributed by atoms with E-state index in [2.05, 4.69) is 20.5 Å². The van der Waals surface area contributed by atoms with Gasteiger partial charge in [-0.3, -0.25) is 9.89 Å². The molecule has 0 aliphatic rings. The number of thioether (sulfide) groups is 1. The molecule has 0 spiro atoms. The standard InChI is InChI=1S/C11H11Cl2N5O3S2/c1-5-15-11(18-17-5)22-4-9(19)16-10-7(12)2-6(3-8(10)13)23(14,20)21/h2-3H,4H2,1H3,(H,16,19)(H2,14,20,21)(H,15,17,18). The molecule has 8 nitrogen and oxygen atoms in total. The quantitative estimate of drug-likeness (QED) is 0.661. The lowest BCUT2D eigenvalue weighted by molar-refractivity contribution is -0.113. The minimum Gasteiger partial charge on any atom is -0.323 e. The molecule has 1 aromatic heterocycles. The van der Waals surface area contributed by atoms with Crippen molar-refractivity contribution in [3.8, 4) is 0 Å². The topological polar surface area (TPSA) is 131 Å². The van der Waals surface area contributed by atoms with Crippen molar-refractivity contribution in [3.63, 3.8) is 0 Å². The van der Waals surface area contributed by atoms with Gasteiger partial charge in [0.05, 0.1) is 26.4 Å². The second kappa shape index (κ2) is 7.05. The van der Waals surface area contributed by atoms with Gasteiger partial charge in [0.15, 0.2) is 0 Å². The highest BCUT2D eigenvalue weighted by Gasteiger charge is 2.17. The number of benzene rings is 1. The summed E-state index contributed by atoms with van der Waals surface area (Å²) in [6.07, 6.45) is 0. The van der Waals surface area contributed by atoms with Gasteiger partial charge in [0.2, 0.25) is 21.1 Å². The van der Waals surface area contributed by atoms with E-state index in [1.54, 1.807) is 6.92 Å². The Morgan fingerprint density at radius 1 is 1.39 bits per heavy atom. The van der Waals surface area contributed by atoms with Crippen LogP contribution < -0.4 is 10.5 Å². The average molecular weight is 396 g/mol. The molecule has 1 aromatic carbocycles. The van der Waals surface area contributed by atoms with Crippen molar-refractivity contribution in [1.82, 2.24) is 15.2 Å². The fraction of sp³-hybridized carbons (Fsp3) is 0.182. The van der Waals surface area contributed by atoms with E-state index in [9.17, 15) is 13.2 Å². The Hall–Kier alpha value is -1.33. The van der Waals surface area contributed by atoms with Crippen LogP contribution >= 0.6 is 35.0 Å². The van der Waals surface area contributed by atoms with Crippen LogP contribution in [0.2, 0.25) is 10.0 Å². The van der Waals surface area contributed by atoms with Crippen LogP contribution in [0, 0.1) is 6.92 Å². The number of aryl methyl sites for hydroxylation is 1. The number of carbonyl (C=O) groups is 1. The lowest BCUT2D eigenvalue weighted by Crippen LogP contribution is -2.16. The number of nitrogens with one attached hydrogen (secondary N) is 2. The molecule has 12 heteroatoms. The molecule has 0 unspecified atom stereocenters. The zero-order chi connectivity index (χ0) is 17.2. The molecule has 4 N–H and O–H groups in total. The summed E-state index contributed by atoms with van der Waals surface area (Å²) in [4.78, 5) is 15.7. The summed E-state index contributed by atoms with van der Waals surface area (Å²) in [7, 11) is -3.94. The highest BCUT2D eigenvalue weighted by Crippen LogP contribution is 2.33. The third-order valence-electron chi connectivity index (χ3n) is 2.52. The summed E-state index contributed by atoms with van der Waals surface area (Å²) in [5, 5.41) is 14.4. The zero-order valence-corrected chi connectivity index (χ0v) is 14.8. The maximum absolute atomic E-state index is 11.9. The number of nitrogens with two attached hydrogens (primary N) is 1. The number of hydrogen-bond acceptors (Lipinski definition) is 6. The van der Waals surface area contributed by atoms with E-state index in [1.807, 2.05) is 0 Å². The first kappa shape index (κ1) is 18.0. The first-order valence-corrected chi connectivity index (χ1v) is 9.29.